The third-order valence-electron chi connectivity index (χ3n) is 4.15. The summed E-state index contributed by atoms with van der Waals surface area (Å²) in [7, 11) is 0. The number of halogens is 1. The quantitative estimate of drug-likeness (QED) is 0.730. The molecule has 4 nitrogen and oxygen atoms in total. The van der Waals surface area contributed by atoms with Gasteiger partial charge in [-0.1, -0.05) is 24.3 Å². The molecular weight excluding hydrogens is 322 g/mol. The third-order valence-corrected chi connectivity index (χ3v) is 4.46. The number of aryl methyl sites for hydroxylation is 1. The van der Waals surface area contributed by atoms with Crippen molar-refractivity contribution < 1.29 is 4.79 Å². The molecule has 0 spiro atoms. The van der Waals surface area contributed by atoms with Gasteiger partial charge in [0.05, 0.1) is 16.8 Å². The number of nitrogens with zero attached hydrogens (tertiary/aromatic N) is 2. The normalized spacial score (nSPS) is 10.7. The van der Waals surface area contributed by atoms with E-state index in [1.54, 1.807) is 12.1 Å². The van der Waals surface area contributed by atoms with E-state index in [9.17, 15) is 10.1 Å². The van der Waals surface area contributed by atoms with E-state index >= 15 is 0 Å². The first-order chi connectivity index (χ1) is 11.6. The predicted octanol–water partition coefficient (Wildman–Crippen LogP) is 4.04. The lowest BCUT2D eigenvalue weighted by Gasteiger charge is -2.09. The van der Waals surface area contributed by atoms with E-state index in [0.29, 0.717) is 17.0 Å². The highest BCUT2D eigenvalue weighted by molar-refractivity contribution is 6.17. The summed E-state index contributed by atoms with van der Waals surface area (Å²) >= 11 is 5.95. The van der Waals surface area contributed by atoms with E-state index in [1.165, 1.54) is 0 Å². The number of fused-ring (bicyclic) bond motifs is 1. The fraction of sp³-hybridized carbons (Fsp3) is 0.158. The molecule has 0 aliphatic heterocycles. The van der Waals surface area contributed by atoms with E-state index in [2.05, 4.69) is 10.6 Å². The smallest absolute Gasteiger partial charge is 0.248 e. The van der Waals surface area contributed by atoms with Crippen LogP contribution in [0.2, 0.25) is 0 Å². The van der Waals surface area contributed by atoms with Crippen LogP contribution < -0.4 is 5.73 Å². The number of amides is 1. The third kappa shape index (κ3) is 2.53. The molecule has 0 atom stereocenters. The first-order valence-electron chi connectivity index (χ1n) is 7.62. The van der Waals surface area contributed by atoms with Crippen molar-refractivity contribution in [1.29, 1.82) is 5.26 Å². The van der Waals surface area contributed by atoms with Crippen LogP contribution in [0.1, 0.15) is 28.4 Å². The van der Waals surface area contributed by atoms with Gasteiger partial charge in [0, 0.05) is 23.4 Å². The van der Waals surface area contributed by atoms with Gasteiger partial charge in [-0.3, -0.25) is 4.79 Å². The van der Waals surface area contributed by atoms with E-state index in [-0.39, 0.29) is 0 Å². The number of benzene rings is 2. The summed E-state index contributed by atoms with van der Waals surface area (Å²) in [4.78, 5) is 11.3. The summed E-state index contributed by atoms with van der Waals surface area (Å²) in [6, 6.07) is 15.2. The van der Waals surface area contributed by atoms with Gasteiger partial charge in [-0.25, -0.2) is 0 Å². The van der Waals surface area contributed by atoms with Gasteiger partial charge in [-0.2, -0.15) is 5.26 Å². The van der Waals surface area contributed by atoms with E-state index in [4.69, 9.17) is 17.3 Å². The van der Waals surface area contributed by atoms with Crippen molar-refractivity contribution in [2.24, 2.45) is 5.73 Å². The molecule has 3 aromatic rings. The number of carbonyl (C=O) groups excluding carboxylic acids is 1. The molecule has 0 bridgehead atoms. The Hall–Kier alpha value is -2.77. The Labute approximate surface area is 145 Å². The minimum Gasteiger partial charge on any atom is -0.366 e. The average molecular weight is 338 g/mol. The molecular formula is C19H16ClN3O. The molecule has 0 aliphatic rings. The largest absolute Gasteiger partial charge is 0.366 e. The van der Waals surface area contributed by atoms with Crippen molar-refractivity contribution in [2.45, 2.75) is 19.3 Å². The number of primary amides is 1. The van der Waals surface area contributed by atoms with Gasteiger partial charge in [-0.05, 0) is 36.2 Å². The predicted molar refractivity (Wildman–Crippen MR) is 95.8 cm³/mol. The van der Waals surface area contributed by atoms with Gasteiger partial charge in [-0.15, -0.1) is 11.6 Å². The Kier molecular flexibility index (Phi) is 4.28. The molecule has 1 heterocycles. The summed E-state index contributed by atoms with van der Waals surface area (Å²) in [5.41, 5.74) is 10.1. The zero-order chi connectivity index (χ0) is 17.3. The number of hydrogen-bond acceptors (Lipinski definition) is 2. The molecule has 0 fully saturated rings. The molecule has 2 aromatic carbocycles. The molecule has 5 heteroatoms. The molecule has 1 aromatic heterocycles. The summed E-state index contributed by atoms with van der Waals surface area (Å²) < 4.78 is 2.10. The molecule has 0 unspecified atom stereocenters. The standard InChI is InChI=1S/C19H16ClN3O/c1-2-23-17-9-12(10-20)3-8-15(17)16(11-21)18(23)13-4-6-14(7-5-13)19(22)24/h3-9H,2,10H2,1H3,(H2,22,24). The summed E-state index contributed by atoms with van der Waals surface area (Å²) in [6.45, 7) is 2.76. The van der Waals surface area contributed by atoms with E-state index in [0.717, 1.165) is 34.3 Å². The van der Waals surface area contributed by atoms with Crippen molar-refractivity contribution in [3.05, 3.63) is 59.2 Å². The first-order valence-corrected chi connectivity index (χ1v) is 8.15. The first kappa shape index (κ1) is 16.1. The average Bonchev–Trinajstić information content (AvgIpc) is 2.94. The van der Waals surface area contributed by atoms with Crippen LogP contribution in [-0.4, -0.2) is 10.5 Å². The van der Waals surface area contributed by atoms with E-state index in [1.807, 2.05) is 37.3 Å². The Morgan fingerprint density at radius 1 is 1.25 bits per heavy atom. The van der Waals surface area contributed by atoms with Crippen molar-refractivity contribution in [3.63, 3.8) is 0 Å². The molecule has 0 saturated heterocycles. The lowest BCUT2D eigenvalue weighted by atomic mass is 10.0. The monoisotopic (exact) mass is 337 g/mol. The Morgan fingerprint density at radius 3 is 2.50 bits per heavy atom. The van der Waals surface area contributed by atoms with Crippen LogP contribution in [0.15, 0.2) is 42.5 Å². The minimum atomic E-state index is -0.468. The topological polar surface area (TPSA) is 71.8 Å². The van der Waals surface area contributed by atoms with Gasteiger partial charge in [0.15, 0.2) is 0 Å². The summed E-state index contributed by atoms with van der Waals surface area (Å²) in [6.07, 6.45) is 0. The van der Waals surface area contributed by atoms with Gasteiger partial charge >= 0.3 is 0 Å². The summed E-state index contributed by atoms with van der Waals surface area (Å²) in [5.74, 6) is -0.0418. The minimum absolute atomic E-state index is 0.426. The van der Waals surface area contributed by atoms with Crippen LogP contribution in [-0.2, 0) is 12.4 Å². The summed E-state index contributed by atoms with van der Waals surface area (Å²) in [5, 5.41) is 10.6. The van der Waals surface area contributed by atoms with Crippen molar-refractivity contribution in [2.75, 3.05) is 0 Å². The lowest BCUT2D eigenvalue weighted by Crippen LogP contribution is -2.10. The second-order valence-electron chi connectivity index (χ2n) is 5.51. The molecule has 3 rings (SSSR count). The van der Waals surface area contributed by atoms with Crippen LogP contribution in [0.25, 0.3) is 22.2 Å². The van der Waals surface area contributed by atoms with Crippen molar-refractivity contribution in [3.8, 4) is 17.3 Å². The van der Waals surface area contributed by atoms with Gasteiger partial charge in [0.2, 0.25) is 5.91 Å². The fourth-order valence-corrected chi connectivity index (χ4v) is 3.18. The maximum atomic E-state index is 11.3. The van der Waals surface area contributed by atoms with Crippen LogP contribution in [0, 0.1) is 11.3 Å². The van der Waals surface area contributed by atoms with Gasteiger partial charge < -0.3 is 10.3 Å². The molecule has 1 amide bonds. The molecule has 0 aliphatic carbocycles. The zero-order valence-corrected chi connectivity index (χ0v) is 14.0. The highest BCUT2D eigenvalue weighted by atomic mass is 35.5. The Morgan fingerprint density at radius 2 is 1.96 bits per heavy atom. The van der Waals surface area contributed by atoms with Gasteiger partial charge in [0.25, 0.3) is 0 Å². The maximum absolute atomic E-state index is 11.3. The van der Waals surface area contributed by atoms with Crippen LogP contribution >= 0.6 is 11.6 Å². The van der Waals surface area contributed by atoms with Crippen LogP contribution in [0.5, 0.6) is 0 Å². The number of rotatable bonds is 4. The van der Waals surface area contributed by atoms with Crippen LogP contribution in [0.3, 0.4) is 0 Å². The van der Waals surface area contributed by atoms with Gasteiger partial charge in [0.1, 0.15) is 6.07 Å². The SMILES string of the molecule is CCn1c(-c2ccc(C(N)=O)cc2)c(C#N)c2ccc(CCl)cc21. The molecule has 120 valence electrons. The zero-order valence-electron chi connectivity index (χ0n) is 13.2. The lowest BCUT2D eigenvalue weighted by molar-refractivity contribution is 0.100. The second-order valence-corrected chi connectivity index (χ2v) is 5.77. The number of hydrogen-bond donors (Lipinski definition) is 1. The Balaban J connectivity index is 2.30. The molecule has 2 N–H and O–H groups in total. The number of nitriles is 1. The fourth-order valence-electron chi connectivity index (χ4n) is 3.01. The van der Waals surface area contributed by atoms with Crippen molar-refractivity contribution >= 4 is 28.4 Å². The Bertz CT molecular complexity index is 965. The van der Waals surface area contributed by atoms with E-state index < -0.39 is 5.91 Å². The highest BCUT2D eigenvalue weighted by Gasteiger charge is 2.18. The molecule has 0 radical (unpaired) electrons. The number of aromatic nitrogens is 1. The number of nitrogens with two attached hydrogens (primary N) is 1. The second kappa shape index (κ2) is 6.38. The number of alkyl halides is 1. The highest BCUT2D eigenvalue weighted by Crippen LogP contribution is 2.34. The number of carbonyl (C=O) groups is 1. The maximum Gasteiger partial charge on any atom is 0.248 e. The molecule has 24 heavy (non-hydrogen) atoms. The molecule has 0 saturated carbocycles. The van der Waals surface area contributed by atoms with Crippen molar-refractivity contribution in [1.82, 2.24) is 4.57 Å². The van der Waals surface area contributed by atoms with Crippen LogP contribution in [0.4, 0.5) is 0 Å².